The zero-order valence-corrected chi connectivity index (χ0v) is 14.5. The number of rotatable bonds is 4. The third-order valence-electron chi connectivity index (χ3n) is 4.43. The van der Waals surface area contributed by atoms with Gasteiger partial charge in [0.25, 0.3) is 0 Å². The predicted octanol–water partition coefficient (Wildman–Crippen LogP) is 5.04. The minimum Gasteiger partial charge on any atom is -0.478 e. The average molecular weight is 358 g/mol. The fourth-order valence-corrected chi connectivity index (χ4v) is 3.15. The molecule has 1 aliphatic heterocycles. The maximum absolute atomic E-state index is 10.8. The summed E-state index contributed by atoms with van der Waals surface area (Å²) in [6.45, 7) is 0. The number of carboxylic acids is 1. The van der Waals surface area contributed by atoms with Gasteiger partial charge in [-0.25, -0.2) is 4.79 Å². The molecule has 27 heavy (non-hydrogen) atoms. The molecule has 0 fully saturated rings. The van der Waals surface area contributed by atoms with Crippen molar-refractivity contribution < 1.29 is 19.4 Å². The molecule has 0 aliphatic carbocycles. The smallest absolute Gasteiger partial charge is 0.328 e. The lowest BCUT2D eigenvalue weighted by atomic mass is 9.96. The highest BCUT2D eigenvalue weighted by Gasteiger charge is 2.34. The van der Waals surface area contributed by atoms with E-state index in [2.05, 4.69) is 0 Å². The molecule has 0 bridgehead atoms. The van der Waals surface area contributed by atoms with Crippen LogP contribution in [-0.4, -0.2) is 11.1 Å². The van der Waals surface area contributed by atoms with Crippen LogP contribution in [-0.2, 0) is 4.79 Å². The fourth-order valence-electron chi connectivity index (χ4n) is 3.15. The third-order valence-corrected chi connectivity index (χ3v) is 4.43. The Labute approximate surface area is 157 Å². The molecule has 134 valence electrons. The number of benzene rings is 3. The van der Waals surface area contributed by atoms with Crippen molar-refractivity contribution in [2.45, 2.75) is 12.2 Å². The molecule has 0 saturated heterocycles. The molecule has 2 unspecified atom stereocenters. The molecule has 0 spiro atoms. The van der Waals surface area contributed by atoms with Gasteiger partial charge in [-0.3, -0.25) is 0 Å². The van der Waals surface area contributed by atoms with Gasteiger partial charge in [0.15, 0.2) is 23.7 Å². The molecule has 0 aromatic heterocycles. The molecular weight excluding hydrogens is 340 g/mol. The van der Waals surface area contributed by atoms with Gasteiger partial charge in [0, 0.05) is 6.08 Å². The van der Waals surface area contributed by atoms with E-state index in [0.29, 0.717) is 11.5 Å². The normalized spacial score (nSPS) is 18.4. The van der Waals surface area contributed by atoms with Crippen LogP contribution in [0.5, 0.6) is 11.5 Å². The molecular formula is C23H18O4. The first-order valence-corrected chi connectivity index (χ1v) is 8.69. The molecule has 1 aliphatic rings. The fraction of sp³-hybridized carbons (Fsp3) is 0.0870. The van der Waals surface area contributed by atoms with Crippen LogP contribution in [0.2, 0.25) is 0 Å². The van der Waals surface area contributed by atoms with Crippen LogP contribution in [0.25, 0.3) is 6.08 Å². The van der Waals surface area contributed by atoms with Crippen molar-refractivity contribution >= 4 is 12.0 Å². The molecule has 1 heterocycles. The van der Waals surface area contributed by atoms with E-state index in [1.165, 1.54) is 6.08 Å². The Balaban J connectivity index is 1.73. The lowest BCUT2D eigenvalue weighted by molar-refractivity contribution is -0.131. The number of carbonyl (C=O) groups is 1. The Bertz CT molecular complexity index is 964. The number of hydrogen-bond donors (Lipinski definition) is 1. The minimum atomic E-state index is -0.990. The first kappa shape index (κ1) is 16.9. The van der Waals surface area contributed by atoms with E-state index in [4.69, 9.17) is 14.6 Å². The van der Waals surface area contributed by atoms with Crippen LogP contribution in [0.3, 0.4) is 0 Å². The molecule has 4 heteroatoms. The Morgan fingerprint density at radius 3 is 1.89 bits per heavy atom. The maximum atomic E-state index is 10.8. The Morgan fingerprint density at radius 2 is 1.33 bits per heavy atom. The zero-order chi connectivity index (χ0) is 18.6. The summed E-state index contributed by atoms with van der Waals surface area (Å²) in [5, 5.41) is 8.82. The van der Waals surface area contributed by atoms with E-state index in [9.17, 15) is 4.79 Å². The number of ether oxygens (including phenoxy) is 2. The summed E-state index contributed by atoms with van der Waals surface area (Å²) in [4.78, 5) is 10.8. The number of fused-ring (bicyclic) bond motifs is 1. The lowest BCUT2D eigenvalue weighted by Gasteiger charge is -2.34. The molecule has 4 nitrogen and oxygen atoms in total. The zero-order valence-electron chi connectivity index (χ0n) is 14.5. The second-order valence-electron chi connectivity index (χ2n) is 6.28. The van der Waals surface area contributed by atoms with Crippen molar-refractivity contribution in [2.24, 2.45) is 0 Å². The first-order valence-electron chi connectivity index (χ1n) is 8.69. The summed E-state index contributed by atoms with van der Waals surface area (Å²) in [6, 6.07) is 25.4. The largest absolute Gasteiger partial charge is 0.478 e. The Kier molecular flexibility index (Phi) is 4.62. The summed E-state index contributed by atoms with van der Waals surface area (Å²) in [7, 11) is 0. The number of hydrogen-bond acceptors (Lipinski definition) is 3. The molecule has 0 amide bonds. The summed E-state index contributed by atoms with van der Waals surface area (Å²) < 4.78 is 12.6. The van der Waals surface area contributed by atoms with E-state index in [1.54, 1.807) is 6.07 Å². The van der Waals surface area contributed by atoms with E-state index >= 15 is 0 Å². The minimum absolute atomic E-state index is 0.276. The second kappa shape index (κ2) is 7.38. The highest BCUT2D eigenvalue weighted by molar-refractivity contribution is 5.85. The van der Waals surface area contributed by atoms with Crippen LogP contribution >= 0.6 is 0 Å². The molecule has 4 rings (SSSR count). The van der Waals surface area contributed by atoms with Crippen molar-refractivity contribution in [1.82, 2.24) is 0 Å². The van der Waals surface area contributed by atoms with Gasteiger partial charge in [0.1, 0.15) is 0 Å². The van der Waals surface area contributed by atoms with Crippen molar-refractivity contribution in [3.05, 3.63) is 102 Å². The van der Waals surface area contributed by atoms with Crippen LogP contribution in [0, 0.1) is 0 Å². The van der Waals surface area contributed by atoms with Crippen LogP contribution in [0.4, 0.5) is 0 Å². The van der Waals surface area contributed by atoms with E-state index in [-0.39, 0.29) is 12.2 Å². The van der Waals surface area contributed by atoms with Crippen LogP contribution in [0.1, 0.15) is 28.9 Å². The first-order chi connectivity index (χ1) is 13.2. The number of carboxylic acid groups (broad SMARTS) is 1. The number of aliphatic carboxylic acids is 1. The summed E-state index contributed by atoms with van der Waals surface area (Å²) in [6.07, 6.45) is 2.06. The van der Waals surface area contributed by atoms with Gasteiger partial charge in [-0.1, -0.05) is 66.7 Å². The highest BCUT2D eigenvalue weighted by atomic mass is 16.6. The average Bonchev–Trinajstić information content (AvgIpc) is 2.72. The van der Waals surface area contributed by atoms with E-state index in [1.807, 2.05) is 72.8 Å². The van der Waals surface area contributed by atoms with Crippen molar-refractivity contribution in [1.29, 1.82) is 0 Å². The van der Waals surface area contributed by atoms with Crippen molar-refractivity contribution in [3.63, 3.8) is 0 Å². The van der Waals surface area contributed by atoms with Crippen LogP contribution < -0.4 is 9.47 Å². The van der Waals surface area contributed by atoms with Gasteiger partial charge in [-0.05, 0) is 34.9 Å². The quantitative estimate of drug-likeness (QED) is 0.664. The van der Waals surface area contributed by atoms with Crippen LogP contribution in [0.15, 0.2) is 84.9 Å². The SMILES string of the molecule is O=C(O)C=Cc1ccc2c(c1)OC(c1ccccc1)C(c1ccccc1)O2. The molecule has 0 radical (unpaired) electrons. The standard InChI is InChI=1S/C23H18O4/c24-21(25)14-12-16-11-13-19-20(15-16)27-23(18-9-5-2-6-10-18)22(26-19)17-7-3-1-4-8-17/h1-15,22-23H,(H,24,25). The van der Waals surface area contributed by atoms with Crippen molar-refractivity contribution in [2.75, 3.05) is 0 Å². The monoisotopic (exact) mass is 358 g/mol. The molecule has 2 atom stereocenters. The van der Waals surface area contributed by atoms with E-state index < -0.39 is 5.97 Å². The molecule has 3 aromatic carbocycles. The lowest BCUT2D eigenvalue weighted by Crippen LogP contribution is -2.26. The van der Waals surface area contributed by atoms with Gasteiger partial charge < -0.3 is 14.6 Å². The van der Waals surface area contributed by atoms with E-state index in [0.717, 1.165) is 22.8 Å². The predicted molar refractivity (Wildman–Crippen MR) is 103 cm³/mol. The Hall–Kier alpha value is -3.53. The molecule has 0 saturated carbocycles. The highest BCUT2D eigenvalue weighted by Crippen LogP contribution is 2.46. The summed E-state index contributed by atoms with van der Waals surface area (Å²) in [5.74, 6) is 0.253. The van der Waals surface area contributed by atoms with Gasteiger partial charge >= 0.3 is 5.97 Å². The van der Waals surface area contributed by atoms with Gasteiger partial charge in [-0.2, -0.15) is 0 Å². The third kappa shape index (κ3) is 3.70. The maximum Gasteiger partial charge on any atom is 0.328 e. The summed E-state index contributed by atoms with van der Waals surface area (Å²) >= 11 is 0. The van der Waals surface area contributed by atoms with Gasteiger partial charge in [0.05, 0.1) is 0 Å². The molecule has 1 N–H and O–H groups in total. The second-order valence-corrected chi connectivity index (χ2v) is 6.28. The van der Waals surface area contributed by atoms with Gasteiger partial charge in [-0.15, -0.1) is 0 Å². The summed E-state index contributed by atoms with van der Waals surface area (Å²) in [5.41, 5.74) is 2.79. The Morgan fingerprint density at radius 1 is 0.778 bits per heavy atom. The van der Waals surface area contributed by atoms with Gasteiger partial charge in [0.2, 0.25) is 0 Å². The molecule has 3 aromatic rings. The topological polar surface area (TPSA) is 55.8 Å². The van der Waals surface area contributed by atoms with Crippen molar-refractivity contribution in [3.8, 4) is 11.5 Å².